The van der Waals surface area contributed by atoms with Gasteiger partial charge in [-0.05, 0) is 31.5 Å². The molecule has 7 nitrogen and oxygen atoms in total. The van der Waals surface area contributed by atoms with Gasteiger partial charge in [-0.25, -0.2) is 9.50 Å². The third kappa shape index (κ3) is 4.23. The summed E-state index contributed by atoms with van der Waals surface area (Å²) in [4.78, 5) is 3.85. The van der Waals surface area contributed by atoms with E-state index in [2.05, 4.69) is 20.9 Å². The van der Waals surface area contributed by atoms with Gasteiger partial charge in [-0.2, -0.15) is 19.1 Å². The average Bonchev–Trinajstić information content (AvgIpc) is 2.99. The number of nitrogens with zero attached hydrogens (tertiary/aromatic N) is 4. The molecule has 0 aliphatic heterocycles. The van der Waals surface area contributed by atoms with Gasteiger partial charge in [0, 0.05) is 23.9 Å². The maximum absolute atomic E-state index is 12.6. The van der Waals surface area contributed by atoms with Crippen molar-refractivity contribution in [1.82, 2.24) is 14.6 Å². The molecule has 3 rings (SSSR count). The Morgan fingerprint density at radius 3 is 2.81 bits per heavy atom. The molecule has 0 radical (unpaired) electrons. The molecule has 27 heavy (non-hydrogen) atoms. The Labute approximate surface area is 153 Å². The number of aromatic nitrogens is 3. The zero-order valence-electron chi connectivity index (χ0n) is 14.7. The van der Waals surface area contributed by atoms with E-state index in [4.69, 9.17) is 15.7 Å². The van der Waals surface area contributed by atoms with Gasteiger partial charge in [0.2, 0.25) is 5.88 Å². The van der Waals surface area contributed by atoms with Gasteiger partial charge < -0.3 is 15.2 Å². The van der Waals surface area contributed by atoms with Crippen molar-refractivity contribution in [1.29, 1.82) is 5.26 Å². The molecule has 2 N–H and O–H groups in total. The smallest absolute Gasteiger partial charge is 0.388 e. The number of nitrogens with two attached hydrogens (primary N) is 1. The van der Waals surface area contributed by atoms with Gasteiger partial charge in [0.05, 0.1) is 23.2 Å². The molecule has 3 aromatic rings. The lowest BCUT2D eigenvalue weighted by Gasteiger charge is -2.18. The van der Waals surface area contributed by atoms with E-state index in [9.17, 15) is 8.78 Å². The molecule has 0 amide bonds. The van der Waals surface area contributed by atoms with Crippen molar-refractivity contribution < 1.29 is 18.3 Å². The zero-order valence-corrected chi connectivity index (χ0v) is 14.7. The van der Waals surface area contributed by atoms with Crippen molar-refractivity contribution in [3.8, 4) is 28.8 Å². The van der Waals surface area contributed by atoms with Crippen molar-refractivity contribution in [3.05, 3.63) is 36.7 Å². The molecule has 140 valence electrons. The monoisotopic (exact) mass is 373 g/mol. The Morgan fingerprint density at radius 2 is 2.11 bits per heavy atom. The first-order valence-corrected chi connectivity index (χ1v) is 8.01. The number of anilines is 1. The maximum atomic E-state index is 12.6. The second-order valence-electron chi connectivity index (χ2n) is 6.54. The number of hydrogen-bond donors (Lipinski definition) is 1. The van der Waals surface area contributed by atoms with Gasteiger partial charge in [-0.15, -0.1) is 0 Å². The predicted octanol–water partition coefficient (Wildman–Crippen LogP) is 3.51. The number of halogens is 2. The molecule has 0 aliphatic rings. The fourth-order valence-electron chi connectivity index (χ4n) is 2.39. The molecule has 0 aliphatic carbocycles. The van der Waals surface area contributed by atoms with E-state index in [0.29, 0.717) is 22.7 Å². The Hall–Kier alpha value is -3.41. The minimum absolute atomic E-state index is 0.106. The number of alkyl halides is 2. The maximum Gasteiger partial charge on any atom is 0.388 e. The first-order valence-electron chi connectivity index (χ1n) is 8.01. The molecule has 0 saturated carbocycles. The number of hydrogen-bond acceptors (Lipinski definition) is 6. The Bertz CT molecular complexity index is 1010. The number of nitrogen functional groups attached to an aromatic ring is 1. The normalized spacial score (nSPS) is 11.6. The molecular formula is C18H17F2N5O2. The topological polar surface area (TPSA) is 98.5 Å². The molecule has 0 fully saturated rings. The quantitative estimate of drug-likeness (QED) is 0.710. The predicted molar refractivity (Wildman–Crippen MR) is 94.4 cm³/mol. The largest absolute Gasteiger partial charge is 0.490 e. The fourth-order valence-corrected chi connectivity index (χ4v) is 2.39. The molecular weight excluding hydrogens is 356 g/mol. The summed E-state index contributed by atoms with van der Waals surface area (Å²) in [7, 11) is 0. The molecule has 9 heteroatoms. The minimum atomic E-state index is -2.99. The summed E-state index contributed by atoms with van der Waals surface area (Å²) >= 11 is 0. The lowest BCUT2D eigenvalue weighted by atomic mass is 9.97. The first kappa shape index (κ1) is 18.4. The Morgan fingerprint density at radius 1 is 1.33 bits per heavy atom. The van der Waals surface area contributed by atoms with Crippen LogP contribution >= 0.6 is 0 Å². The Kier molecular flexibility index (Phi) is 4.81. The van der Waals surface area contributed by atoms with Crippen molar-refractivity contribution >= 4 is 11.3 Å². The molecule has 3 aromatic heterocycles. The van der Waals surface area contributed by atoms with Gasteiger partial charge in [-0.1, -0.05) is 0 Å². The van der Waals surface area contributed by atoms with Gasteiger partial charge >= 0.3 is 6.61 Å². The summed E-state index contributed by atoms with van der Waals surface area (Å²) in [6.45, 7) is 0.576. The van der Waals surface area contributed by atoms with Crippen molar-refractivity contribution in [2.45, 2.75) is 20.5 Å². The highest BCUT2D eigenvalue weighted by atomic mass is 19.3. The van der Waals surface area contributed by atoms with Crippen LogP contribution in [-0.2, 0) is 0 Å². The van der Waals surface area contributed by atoms with Crippen molar-refractivity contribution in [2.24, 2.45) is 5.41 Å². The molecule has 3 heterocycles. The highest BCUT2D eigenvalue weighted by Gasteiger charge is 2.20. The van der Waals surface area contributed by atoms with Crippen LogP contribution in [0.3, 0.4) is 0 Å². The molecule has 0 atom stereocenters. The second-order valence-corrected chi connectivity index (χ2v) is 6.54. The van der Waals surface area contributed by atoms with Crippen LogP contribution < -0.4 is 15.2 Å². The molecule has 0 spiro atoms. The van der Waals surface area contributed by atoms with Crippen LogP contribution in [0.4, 0.5) is 14.6 Å². The van der Waals surface area contributed by atoms with Crippen molar-refractivity contribution in [2.75, 3.05) is 12.3 Å². The third-order valence-electron chi connectivity index (χ3n) is 3.74. The highest BCUT2D eigenvalue weighted by molar-refractivity contribution is 5.75. The third-order valence-corrected chi connectivity index (χ3v) is 3.74. The number of rotatable bonds is 6. The van der Waals surface area contributed by atoms with E-state index in [1.807, 2.05) is 0 Å². The van der Waals surface area contributed by atoms with Crippen LogP contribution in [0, 0.1) is 16.7 Å². The lowest BCUT2D eigenvalue weighted by molar-refractivity contribution is -0.0528. The van der Waals surface area contributed by atoms with Crippen LogP contribution in [0.2, 0.25) is 0 Å². The summed E-state index contributed by atoms with van der Waals surface area (Å²) < 4.78 is 36.9. The van der Waals surface area contributed by atoms with Crippen LogP contribution in [-0.4, -0.2) is 27.8 Å². The summed E-state index contributed by atoms with van der Waals surface area (Å²) in [6, 6.07) is 8.71. The van der Waals surface area contributed by atoms with Gasteiger partial charge in [0.25, 0.3) is 0 Å². The van der Waals surface area contributed by atoms with E-state index < -0.39 is 12.0 Å². The van der Waals surface area contributed by atoms with E-state index >= 15 is 0 Å². The fraction of sp³-hybridized carbons (Fsp3) is 0.278. The molecule has 0 aromatic carbocycles. The minimum Gasteiger partial charge on any atom is -0.490 e. The summed E-state index contributed by atoms with van der Waals surface area (Å²) in [6.07, 6.45) is 2.99. The summed E-state index contributed by atoms with van der Waals surface area (Å²) in [5.41, 5.74) is 6.87. The molecule has 0 saturated heterocycles. The zero-order chi connectivity index (χ0) is 19.6. The summed E-state index contributed by atoms with van der Waals surface area (Å²) in [5.74, 6) is 0.465. The van der Waals surface area contributed by atoms with Gasteiger partial charge in [0.1, 0.15) is 18.2 Å². The van der Waals surface area contributed by atoms with Crippen LogP contribution in [0.15, 0.2) is 36.7 Å². The van der Waals surface area contributed by atoms with E-state index in [-0.39, 0.29) is 12.5 Å². The number of ether oxygens (including phenoxy) is 2. The van der Waals surface area contributed by atoms with Gasteiger partial charge in [-0.3, -0.25) is 0 Å². The summed E-state index contributed by atoms with van der Waals surface area (Å²) in [5, 5.41) is 13.2. The molecule has 0 bridgehead atoms. The lowest BCUT2D eigenvalue weighted by Crippen LogP contribution is -2.19. The van der Waals surface area contributed by atoms with E-state index in [0.717, 1.165) is 5.52 Å². The SMILES string of the molecule is CC(C)(C#N)COc1cnc(OC(F)F)cc1-c1ccn2nc(N)cc2c1. The second kappa shape index (κ2) is 7.07. The van der Waals surface area contributed by atoms with E-state index in [1.54, 1.807) is 42.8 Å². The highest BCUT2D eigenvalue weighted by Crippen LogP contribution is 2.34. The average molecular weight is 373 g/mol. The first-order chi connectivity index (χ1) is 12.8. The van der Waals surface area contributed by atoms with Gasteiger partial charge in [0.15, 0.2) is 0 Å². The standard InChI is InChI=1S/C18H17F2N5O2/c1-18(2,9-21)10-26-14-8-23-16(27-17(19)20)7-13(14)11-3-4-25-12(5-11)6-15(22)24-25/h3-8,17H,10H2,1-2H3,(H2,22,24). The Balaban J connectivity index is 2.03. The number of fused-ring (bicyclic) bond motifs is 1. The van der Waals surface area contributed by atoms with Crippen LogP contribution in [0.5, 0.6) is 11.6 Å². The van der Waals surface area contributed by atoms with E-state index in [1.165, 1.54) is 12.3 Å². The van der Waals surface area contributed by atoms with Crippen molar-refractivity contribution in [3.63, 3.8) is 0 Å². The number of nitriles is 1. The number of pyridine rings is 2. The van der Waals surface area contributed by atoms with Crippen LogP contribution in [0.1, 0.15) is 13.8 Å². The van der Waals surface area contributed by atoms with Crippen LogP contribution in [0.25, 0.3) is 16.6 Å². The molecule has 0 unspecified atom stereocenters.